The van der Waals surface area contributed by atoms with E-state index in [1.54, 1.807) is 13.0 Å². The molecule has 1 atom stereocenters. The van der Waals surface area contributed by atoms with Crippen molar-refractivity contribution < 1.29 is 5.11 Å². The van der Waals surface area contributed by atoms with E-state index in [1.165, 1.54) is 5.57 Å². The Morgan fingerprint density at radius 1 is 1.46 bits per heavy atom. The lowest BCUT2D eigenvalue weighted by atomic mass is 9.87. The maximum Gasteiger partial charge on any atom is 0.0692 e. The van der Waals surface area contributed by atoms with Gasteiger partial charge in [-0.05, 0) is 25.2 Å². The van der Waals surface area contributed by atoms with E-state index in [9.17, 15) is 0 Å². The van der Waals surface area contributed by atoms with Gasteiger partial charge in [0.05, 0.1) is 6.10 Å². The molecule has 0 saturated heterocycles. The van der Waals surface area contributed by atoms with E-state index >= 15 is 0 Å². The molecule has 0 aliphatic rings. The van der Waals surface area contributed by atoms with Crippen LogP contribution in [0.25, 0.3) is 0 Å². The summed E-state index contributed by atoms with van der Waals surface area (Å²) in [7, 11) is 0. The van der Waals surface area contributed by atoms with Crippen molar-refractivity contribution in [1.29, 1.82) is 0 Å². The van der Waals surface area contributed by atoms with Gasteiger partial charge in [-0.15, -0.1) is 0 Å². The van der Waals surface area contributed by atoms with Crippen LogP contribution >= 0.6 is 0 Å². The minimum absolute atomic E-state index is 0.315. The van der Waals surface area contributed by atoms with Gasteiger partial charge in [-0.1, -0.05) is 45.1 Å². The van der Waals surface area contributed by atoms with Crippen LogP contribution in [-0.4, -0.2) is 11.2 Å². The molecule has 0 rings (SSSR count). The Balaban J connectivity index is 3.77. The summed E-state index contributed by atoms with van der Waals surface area (Å²) in [5.41, 5.74) is 1.54. The van der Waals surface area contributed by atoms with Gasteiger partial charge in [0.15, 0.2) is 0 Å². The fourth-order valence-corrected chi connectivity index (χ4v) is 1.25. The second-order valence-corrected chi connectivity index (χ2v) is 4.86. The van der Waals surface area contributed by atoms with Gasteiger partial charge in [0.25, 0.3) is 0 Å². The number of allylic oxidation sites excluding steroid dienone is 2. The van der Waals surface area contributed by atoms with Crippen molar-refractivity contribution >= 4 is 0 Å². The maximum absolute atomic E-state index is 8.98. The molecule has 76 valence electrons. The smallest absolute Gasteiger partial charge is 0.0692 e. The molecule has 1 nitrogen and oxygen atoms in total. The van der Waals surface area contributed by atoms with E-state index < -0.39 is 0 Å². The number of hydrogen-bond acceptors (Lipinski definition) is 1. The Bertz CT molecular complexity index is 182. The fraction of sp³-hybridized carbons (Fsp3) is 0.667. The monoisotopic (exact) mass is 182 g/mol. The van der Waals surface area contributed by atoms with Gasteiger partial charge < -0.3 is 5.11 Å². The normalized spacial score (nSPS) is 14.8. The van der Waals surface area contributed by atoms with Gasteiger partial charge in [-0.3, -0.25) is 0 Å². The van der Waals surface area contributed by atoms with Crippen molar-refractivity contribution in [2.45, 2.75) is 46.6 Å². The summed E-state index contributed by atoms with van der Waals surface area (Å²) < 4.78 is 0. The Kier molecular flexibility index (Phi) is 5.01. The SMILES string of the molecule is C=C(CC=CC(C)O)CC(C)(C)C. The largest absolute Gasteiger partial charge is 0.389 e. The van der Waals surface area contributed by atoms with E-state index in [0.717, 1.165) is 12.8 Å². The molecule has 0 spiro atoms. The van der Waals surface area contributed by atoms with Gasteiger partial charge in [-0.25, -0.2) is 0 Å². The molecule has 0 aromatic carbocycles. The number of aliphatic hydroxyl groups is 1. The van der Waals surface area contributed by atoms with Crippen LogP contribution in [0.3, 0.4) is 0 Å². The molecule has 0 heterocycles. The van der Waals surface area contributed by atoms with Gasteiger partial charge in [0.1, 0.15) is 0 Å². The van der Waals surface area contributed by atoms with Crippen molar-refractivity contribution in [3.63, 3.8) is 0 Å². The first-order valence-corrected chi connectivity index (χ1v) is 4.82. The highest BCUT2D eigenvalue weighted by atomic mass is 16.3. The van der Waals surface area contributed by atoms with Crippen LogP contribution in [0.4, 0.5) is 0 Å². The average molecular weight is 182 g/mol. The second-order valence-electron chi connectivity index (χ2n) is 4.86. The van der Waals surface area contributed by atoms with Gasteiger partial charge >= 0.3 is 0 Å². The first-order valence-electron chi connectivity index (χ1n) is 4.82. The van der Waals surface area contributed by atoms with Crippen LogP contribution < -0.4 is 0 Å². The van der Waals surface area contributed by atoms with Crippen LogP contribution in [0, 0.1) is 5.41 Å². The highest BCUT2D eigenvalue weighted by Crippen LogP contribution is 2.24. The van der Waals surface area contributed by atoms with Crippen molar-refractivity contribution in [3.05, 3.63) is 24.3 Å². The number of rotatable bonds is 4. The van der Waals surface area contributed by atoms with Crippen LogP contribution in [-0.2, 0) is 0 Å². The minimum atomic E-state index is -0.345. The molecule has 1 N–H and O–H groups in total. The van der Waals surface area contributed by atoms with Crippen LogP contribution in [0.2, 0.25) is 0 Å². The molecule has 1 unspecified atom stereocenters. The zero-order valence-corrected chi connectivity index (χ0v) is 9.30. The predicted molar refractivity (Wildman–Crippen MR) is 58.6 cm³/mol. The Labute approximate surface area is 82.2 Å². The third-order valence-electron chi connectivity index (χ3n) is 1.60. The highest BCUT2D eigenvalue weighted by Gasteiger charge is 2.10. The number of aliphatic hydroxyl groups excluding tert-OH is 1. The lowest BCUT2D eigenvalue weighted by Crippen LogP contribution is -2.05. The standard InChI is InChI=1S/C12H22O/c1-10(9-12(3,4)5)7-6-8-11(2)13/h6,8,11,13H,1,7,9H2,2-5H3. The summed E-state index contributed by atoms with van der Waals surface area (Å²) in [5.74, 6) is 0. The summed E-state index contributed by atoms with van der Waals surface area (Å²) in [6.45, 7) is 12.4. The van der Waals surface area contributed by atoms with Crippen molar-refractivity contribution in [1.82, 2.24) is 0 Å². The maximum atomic E-state index is 8.98. The summed E-state index contributed by atoms with van der Waals surface area (Å²) >= 11 is 0. The van der Waals surface area contributed by atoms with Gasteiger partial charge in [0, 0.05) is 0 Å². The highest BCUT2D eigenvalue weighted by molar-refractivity contribution is 5.05. The van der Waals surface area contributed by atoms with Gasteiger partial charge in [-0.2, -0.15) is 0 Å². The topological polar surface area (TPSA) is 20.2 Å². The zero-order valence-electron chi connectivity index (χ0n) is 9.30. The Morgan fingerprint density at radius 3 is 2.38 bits per heavy atom. The van der Waals surface area contributed by atoms with Crippen LogP contribution in [0.1, 0.15) is 40.5 Å². The lowest BCUT2D eigenvalue weighted by Gasteiger charge is -2.18. The van der Waals surface area contributed by atoms with E-state index in [1.807, 2.05) is 6.08 Å². The third kappa shape index (κ3) is 9.35. The fourth-order valence-electron chi connectivity index (χ4n) is 1.25. The molecule has 0 bridgehead atoms. The van der Waals surface area contributed by atoms with Crippen molar-refractivity contribution in [3.8, 4) is 0 Å². The van der Waals surface area contributed by atoms with E-state index in [0.29, 0.717) is 5.41 Å². The molecule has 0 aliphatic heterocycles. The molecular formula is C12H22O. The Hall–Kier alpha value is -0.560. The second kappa shape index (κ2) is 5.23. The molecule has 0 radical (unpaired) electrons. The van der Waals surface area contributed by atoms with E-state index in [2.05, 4.69) is 27.4 Å². The minimum Gasteiger partial charge on any atom is -0.389 e. The van der Waals surface area contributed by atoms with Crippen molar-refractivity contribution in [2.75, 3.05) is 0 Å². The molecule has 1 heteroatoms. The van der Waals surface area contributed by atoms with E-state index in [-0.39, 0.29) is 6.10 Å². The quantitative estimate of drug-likeness (QED) is 0.661. The predicted octanol–water partition coefficient (Wildman–Crippen LogP) is 3.31. The zero-order chi connectivity index (χ0) is 10.5. The van der Waals surface area contributed by atoms with Crippen LogP contribution in [0.15, 0.2) is 24.3 Å². The summed E-state index contributed by atoms with van der Waals surface area (Å²) in [6, 6.07) is 0. The molecule has 0 saturated carbocycles. The molecule has 0 amide bonds. The van der Waals surface area contributed by atoms with Crippen molar-refractivity contribution in [2.24, 2.45) is 5.41 Å². The van der Waals surface area contributed by atoms with Gasteiger partial charge in [0.2, 0.25) is 0 Å². The molecular weight excluding hydrogens is 160 g/mol. The van der Waals surface area contributed by atoms with E-state index in [4.69, 9.17) is 5.11 Å². The first kappa shape index (κ1) is 12.4. The summed E-state index contributed by atoms with van der Waals surface area (Å²) in [6.07, 6.45) is 5.36. The molecule has 0 aromatic rings. The number of hydrogen-bond donors (Lipinski definition) is 1. The Morgan fingerprint density at radius 2 is 2.00 bits per heavy atom. The molecule has 13 heavy (non-hydrogen) atoms. The molecule has 0 fully saturated rings. The first-order chi connectivity index (χ1) is 5.81. The average Bonchev–Trinajstić information content (AvgIpc) is 1.81. The third-order valence-corrected chi connectivity index (χ3v) is 1.60. The van der Waals surface area contributed by atoms with Crippen LogP contribution in [0.5, 0.6) is 0 Å². The molecule has 0 aliphatic carbocycles. The molecule has 0 aromatic heterocycles. The summed E-state index contributed by atoms with van der Waals surface area (Å²) in [4.78, 5) is 0. The lowest BCUT2D eigenvalue weighted by molar-refractivity contribution is 0.244. The summed E-state index contributed by atoms with van der Waals surface area (Å²) in [5, 5.41) is 8.98.